The molecule has 2 aromatic heterocycles. The van der Waals surface area contributed by atoms with Crippen molar-refractivity contribution in [1.29, 1.82) is 0 Å². The Morgan fingerprint density at radius 1 is 1.15 bits per heavy atom. The van der Waals surface area contributed by atoms with Crippen molar-refractivity contribution in [3.8, 4) is 22.6 Å². The second-order valence-corrected chi connectivity index (χ2v) is 9.84. The van der Waals surface area contributed by atoms with Crippen LogP contribution >= 0.6 is 23.1 Å². The number of aromatic nitrogens is 2. The van der Waals surface area contributed by atoms with Gasteiger partial charge in [-0.1, -0.05) is 42.1 Å². The molecule has 0 unspecified atom stereocenters. The summed E-state index contributed by atoms with van der Waals surface area (Å²) in [5.41, 5.74) is 3.23. The first-order valence-corrected chi connectivity index (χ1v) is 13.0. The number of methoxy groups -OCH3 is 2. The molecule has 1 aliphatic rings. The predicted molar refractivity (Wildman–Crippen MR) is 137 cm³/mol. The van der Waals surface area contributed by atoms with Gasteiger partial charge in [0.25, 0.3) is 0 Å². The van der Waals surface area contributed by atoms with Gasteiger partial charge in [-0.05, 0) is 36.6 Å². The molecule has 0 bridgehead atoms. The first-order chi connectivity index (χ1) is 16.7. The molecule has 0 N–H and O–H groups in total. The molecule has 174 valence electrons. The number of fused-ring (bicyclic) bond motifs is 1. The monoisotopic (exact) mass is 491 g/mol. The number of thioether (sulfide) groups is 1. The highest BCUT2D eigenvalue weighted by Crippen LogP contribution is 2.41. The van der Waals surface area contributed by atoms with Crippen LogP contribution in [0, 0.1) is 0 Å². The summed E-state index contributed by atoms with van der Waals surface area (Å²) in [5.74, 6) is 1.96. The van der Waals surface area contributed by atoms with Crippen LogP contribution in [0.1, 0.15) is 24.4 Å². The lowest BCUT2D eigenvalue weighted by atomic mass is 10.0. The van der Waals surface area contributed by atoms with Gasteiger partial charge in [0.05, 0.1) is 31.4 Å². The summed E-state index contributed by atoms with van der Waals surface area (Å²) in [5, 5.41) is 3.98. The van der Waals surface area contributed by atoms with Crippen LogP contribution in [0.25, 0.3) is 21.3 Å². The molecule has 0 saturated carbocycles. The van der Waals surface area contributed by atoms with Gasteiger partial charge in [0.2, 0.25) is 5.91 Å². The Kier molecular flexibility index (Phi) is 6.69. The van der Waals surface area contributed by atoms with Gasteiger partial charge in [-0.2, -0.15) is 0 Å². The Balaban J connectivity index is 1.38. The van der Waals surface area contributed by atoms with Gasteiger partial charge in [0.15, 0.2) is 0 Å². The number of hydrogen-bond acceptors (Lipinski definition) is 7. The Morgan fingerprint density at radius 3 is 2.79 bits per heavy atom. The van der Waals surface area contributed by atoms with Gasteiger partial charge in [-0.15, -0.1) is 11.3 Å². The zero-order chi connectivity index (χ0) is 23.5. The number of nitrogens with zero attached hydrogens (tertiary/aromatic N) is 3. The van der Waals surface area contributed by atoms with Crippen LogP contribution in [0.5, 0.6) is 11.5 Å². The van der Waals surface area contributed by atoms with Crippen LogP contribution in [0.4, 0.5) is 0 Å². The summed E-state index contributed by atoms with van der Waals surface area (Å²) in [7, 11) is 3.31. The van der Waals surface area contributed by atoms with Crippen molar-refractivity contribution in [2.24, 2.45) is 0 Å². The van der Waals surface area contributed by atoms with Crippen molar-refractivity contribution in [2.75, 3.05) is 26.5 Å². The fraction of sp³-hybridized carbons (Fsp3) is 0.269. The average molecular weight is 492 g/mol. The number of rotatable bonds is 7. The highest BCUT2D eigenvalue weighted by atomic mass is 32.2. The number of thiophene rings is 1. The number of ether oxygens (including phenoxy) is 2. The Labute approximate surface area is 206 Å². The maximum atomic E-state index is 13.4. The number of amides is 1. The van der Waals surface area contributed by atoms with E-state index in [0.29, 0.717) is 5.75 Å². The lowest BCUT2D eigenvalue weighted by Crippen LogP contribution is -2.32. The molecule has 0 radical (unpaired) electrons. The molecule has 8 heteroatoms. The van der Waals surface area contributed by atoms with E-state index < -0.39 is 0 Å². The fourth-order valence-corrected chi connectivity index (χ4v) is 6.37. The summed E-state index contributed by atoms with van der Waals surface area (Å²) in [6, 6.07) is 16.0. The summed E-state index contributed by atoms with van der Waals surface area (Å²) >= 11 is 3.08. The molecule has 0 aliphatic carbocycles. The highest BCUT2D eigenvalue weighted by molar-refractivity contribution is 8.00. The molecule has 34 heavy (non-hydrogen) atoms. The third-order valence-electron chi connectivity index (χ3n) is 6.12. The lowest BCUT2D eigenvalue weighted by molar-refractivity contribution is -0.129. The van der Waals surface area contributed by atoms with Gasteiger partial charge in [0.1, 0.15) is 27.7 Å². The predicted octanol–water partition coefficient (Wildman–Crippen LogP) is 5.83. The first kappa shape index (κ1) is 22.7. The Bertz CT molecular complexity index is 1310. The van der Waals surface area contributed by atoms with E-state index in [4.69, 9.17) is 9.47 Å². The molecule has 6 nitrogen and oxygen atoms in total. The van der Waals surface area contributed by atoms with E-state index in [9.17, 15) is 4.79 Å². The third kappa shape index (κ3) is 4.35. The van der Waals surface area contributed by atoms with Crippen molar-refractivity contribution < 1.29 is 14.3 Å². The second kappa shape index (κ2) is 10.0. The van der Waals surface area contributed by atoms with E-state index >= 15 is 0 Å². The summed E-state index contributed by atoms with van der Waals surface area (Å²) in [4.78, 5) is 25.3. The zero-order valence-electron chi connectivity index (χ0n) is 19.1. The highest BCUT2D eigenvalue weighted by Gasteiger charge is 2.32. The molecular formula is C26H25N3O3S2. The lowest BCUT2D eigenvalue weighted by Gasteiger charge is -2.26. The minimum absolute atomic E-state index is 0.0235. The second-order valence-electron chi connectivity index (χ2n) is 8.02. The smallest absolute Gasteiger partial charge is 0.233 e. The molecule has 1 saturated heterocycles. The largest absolute Gasteiger partial charge is 0.497 e. The van der Waals surface area contributed by atoms with E-state index in [0.717, 1.165) is 62.8 Å². The molecule has 1 aliphatic heterocycles. The normalized spacial score (nSPS) is 15.6. The van der Waals surface area contributed by atoms with Crippen LogP contribution in [-0.2, 0) is 4.79 Å². The van der Waals surface area contributed by atoms with E-state index in [1.54, 1.807) is 31.9 Å². The zero-order valence-corrected chi connectivity index (χ0v) is 20.7. The van der Waals surface area contributed by atoms with Gasteiger partial charge < -0.3 is 14.4 Å². The minimum atomic E-state index is -0.0235. The molecule has 0 spiro atoms. The van der Waals surface area contributed by atoms with Crippen molar-refractivity contribution in [2.45, 2.75) is 23.9 Å². The molecular weight excluding hydrogens is 466 g/mol. The minimum Gasteiger partial charge on any atom is -0.497 e. The molecule has 1 amide bonds. The SMILES string of the molecule is COc1ccc(OC)c([C@@H]2CCCN2C(=O)CSc2ncnc3scc(-c4ccccc4)c23)c1. The Morgan fingerprint density at radius 2 is 2.00 bits per heavy atom. The summed E-state index contributed by atoms with van der Waals surface area (Å²) in [6.07, 6.45) is 3.45. The topological polar surface area (TPSA) is 64.6 Å². The third-order valence-corrected chi connectivity index (χ3v) is 7.98. The van der Waals surface area contributed by atoms with Gasteiger partial charge in [-0.25, -0.2) is 9.97 Å². The van der Waals surface area contributed by atoms with Crippen molar-refractivity contribution >= 4 is 39.2 Å². The summed E-state index contributed by atoms with van der Waals surface area (Å²) in [6.45, 7) is 0.733. The first-order valence-electron chi connectivity index (χ1n) is 11.1. The molecule has 1 atom stereocenters. The molecule has 1 fully saturated rings. The maximum Gasteiger partial charge on any atom is 0.233 e. The van der Waals surface area contributed by atoms with Crippen LogP contribution in [0.2, 0.25) is 0 Å². The van der Waals surface area contributed by atoms with E-state index in [2.05, 4.69) is 27.5 Å². The molecule has 3 heterocycles. The average Bonchev–Trinajstić information content (AvgIpc) is 3.55. The Hall–Kier alpha value is -3.10. The number of hydrogen-bond donors (Lipinski definition) is 0. The van der Waals surface area contributed by atoms with Gasteiger partial charge >= 0.3 is 0 Å². The number of likely N-dealkylation sites (tertiary alicyclic amines) is 1. The van der Waals surface area contributed by atoms with E-state index in [1.165, 1.54) is 11.8 Å². The molecule has 4 aromatic rings. The standard InChI is InChI=1S/C26H25N3O3S2/c1-31-18-10-11-22(32-2)19(13-18)21-9-6-12-29(21)23(30)15-34-26-24-20(17-7-4-3-5-8-17)14-33-25(24)27-16-28-26/h3-5,7-8,10-11,13-14,16,21H,6,9,12,15H2,1-2H3/t21-/m0/s1. The van der Waals surface area contributed by atoms with Gasteiger partial charge in [0, 0.05) is 23.1 Å². The number of benzene rings is 2. The molecule has 5 rings (SSSR count). The summed E-state index contributed by atoms with van der Waals surface area (Å²) < 4.78 is 11.0. The van der Waals surface area contributed by atoms with Crippen molar-refractivity contribution in [1.82, 2.24) is 14.9 Å². The number of carbonyl (C=O) groups is 1. The van der Waals surface area contributed by atoms with Crippen LogP contribution in [-0.4, -0.2) is 47.3 Å². The molecule has 2 aromatic carbocycles. The van der Waals surface area contributed by atoms with Crippen LogP contribution in [0.3, 0.4) is 0 Å². The van der Waals surface area contributed by atoms with Crippen LogP contribution < -0.4 is 9.47 Å². The van der Waals surface area contributed by atoms with E-state index in [-0.39, 0.29) is 11.9 Å². The van der Waals surface area contributed by atoms with Gasteiger partial charge in [-0.3, -0.25) is 4.79 Å². The van der Waals surface area contributed by atoms with Crippen molar-refractivity contribution in [3.05, 3.63) is 65.8 Å². The fourth-order valence-electron chi connectivity index (χ4n) is 4.49. The maximum absolute atomic E-state index is 13.4. The van der Waals surface area contributed by atoms with E-state index in [1.807, 2.05) is 41.3 Å². The van der Waals surface area contributed by atoms with Crippen LogP contribution in [0.15, 0.2) is 65.3 Å². The number of carbonyl (C=O) groups excluding carboxylic acids is 1. The van der Waals surface area contributed by atoms with Crippen molar-refractivity contribution in [3.63, 3.8) is 0 Å². The quantitative estimate of drug-likeness (QED) is 0.239.